The standard InChI is InChI=1S/C41H58FN7O10.CH3FS/c1-12-30-41(8)33(49(38(54)59-41)19-14-13-18-48-22-28(45-46-48)27-16-15-17-43-44-27)25(4)31(50)23(2)21-39(6,55-11)35(26(5)34(52)40(7,42)37(53)57-30)58-36-32(51)29(47(9)10)20-24(3)56-36;1-3-2/h15-17,22-26,29-30,32-33,35-36,51H,12,18-21H2,1-11H3;1H3/t23-,24?,25+,26+,29?,30-,32?,33-,35-,36+,39-,40+,41-;/m1./s1. The number of ether oxygens (including phenoxy) is 5. The number of carbonyl (C=O) groups excluding carboxylic acids is 4. The predicted octanol–water partition coefficient (Wildman–Crippen LogP) is 4.27. The normalized spacial score (nSPS) is 35.8. The van der Waals surface area contributed by atoms with E-state index in [9.17, 15) is 28.2 Å². The SMILES string of the molecule is CC[C@H]1OC(=O)[C@@](C)(F)C(=O)[C@H](C)[C@@H](O[C@@H]2OC(C)CC(N(C)C)C2O)[C@](C)(OC)C[C@@H](C)C(=O)[C@H](C)[C@H]2N(CC#CCn3cc(-c4cccnn4)nn3)C(=O)O[C@]12C.CSF. The summed E-state index contributed by atoms with van der Waals surface area (Å²) < 4.78 is 58.9. The Labute approximate surface area is 366 Å². The number of Topliss-reactive ketones (excluding diaryl/α,β-unsaturated/α-hetero) is 2. The number of alkyl halides is 1. The summed E-state index contributed by atoms with van der Waals surface area (Å²) in [5.41, 5.74) is -5.34. The molecule has 0 spiro atoms. The van der Waals surface area contributed by atoms with E-state index in [1.807, 2.05) is 25.9 Å². The van der Waals surface area contributed by atoms with Gasteiger partial charge in [0.15, 0.2) is 17.7 Å². The van der Waals surface area contributed by atoms with E-state index in [2.05, 4.69) is 32.4 Å². The van der Waals surface area contributed by atoms with Crippen LogP contribution in [0.5, 0.6) is 0 Å². The van der Waals surface area contributed by atoms with Crippen LogP contribution >= 0.6 is 12.1 Å². The van der Waals surface area contributed by atoms with Crippen molar-refractivity contribution in [1.82, 2.24) is 35.0 Å². The van der Waals surface area contributed by atoms with E-state index in [0.29, 0.717) is 17.8 Å². The molecule has 17 nitrogen and oxygen atoms in total. The highest BCUT2D eigenvalue weighted by Gasteiger charge is 2.61. The number of hydrogen-bond donors (Lipinski definition) is 1. The third-order valence-corrected chi connectivity index (χ3v) is 12.2. The van der Waals surface area contributed by atoms with E-state index in [1.54, 1.807) is 52.2 Å². The molecule has 0 aliphatic carbocycles. The number of likely N-dealkylation sites (N-methyl/N-ethyl adjacent to an activating group) is 1. The Morgan fingerprint density at radius 3 is 2.31 bits per heavy atom. The van der Waals surface area contributed by atoms with Gasteiger partial charge in [-0.05, 0) is 73.2 Å². The molecule has 344 valence electrons. The number of cyclic esters (lactones) is 1. The number of ketones is 2. The first-order chi connectivity index (χ1) is 29.1. The lowest BCUT2D eigenvalue weighted by molar-refractivity contribution is -0.295. The first-order valence-electron chi connectivity index (χ1n) is 20.6. The van der Waals surface area contributed by atoms with Gasteiger partial charge in [0.25, 0.3) is 5.67 Å². The number of carbonyl (C=O) groups is 4. The first kappa shape index (κ1) is 50.5. The van der Waals surface area contributed by atoms with E-state index in [-0.39, 0.29) is 56.0 Å². The summed E-state index contributed by atoms with van der Waals surface area (Å²) in [7, 11) is 5.01. The van der Waals surface area contributed by atoms with Crippen molar-refractivity contribution in [3.05, 3.63) is 24.5 Å². The van der Waals surface area contributed by atoms with Crippen molar-refractivity contribution in [3.63, 3.8) is 0 Å². The molecule has 13 atom stereocenters. The average molecular weight is 894 g/mol. The van der Waals surface area contributed by atoms with Crippen molar-refractivity contribution in [2.75, 3.05) is 34.0 Å². The number of amides is 1. The van der Waals surface area contributed by atoms with Gasteiger partial charge in [0.1, 0.15) is 35.9 Å². The second-order valence-electron chi connectivity index (χ2n) is 16.9. The van der Waals surface area contributed by atoms with Crippen molar-refractivity contribution < 1.29 is 56.2 Å². The van der Waals surface area contributed by atoms with Gasteiger partial charge in [-0.15, -0.1) is 10.2 Å². The summed E-state index contributed by atoms with van der Waals surface area (Å²) in [5.74, 6) is -0.132. The van der Waals surface area contributed by atoms with Crippen LogP contribution in [0.25, 0.3) is 11.4 Å². The van der Waals surface area contributed by atoms with Gasteiger partial charge in [0, 0.05) is 55.5 Å². The minimum Gasteiger partial charge on any atom is -0.455 e. The quantitative estimate of drug-likeness (QED) is 0.224. The molecule has 0 radical (unpaired) electrons. The molecule has 3 saturated heterocycles. The van der Waals surface area contributed by atoms with Gasteiger partial charge in [-0.25, -0.2) is 18.7 Å². The lowest BCUT2D eigenvalue weighted by Gasteiger charge is -2.47. The van der Waals surface area contributed by atoms with Gasteiger partial charge >= 0.3 is 12.1 Å². The van der Waals surface area contributed by atoms with Crippen molar-refractivity contribution in [2.45, 2.75) is 141 Å². The van der Waals surface area contributed by atoms with E-state index in [0.717, 1.165) is 6.92 Å². The Hall–Kier alpha value is -4.13. The smallest absolute Gasteiger partial charge is 0.411 e. The number of halogens is 2. The average Bonchev–Trinajstić information content (AvgIpc) is 3.81. The van der Waals surface area contributed by atoms with Crippen LogP contribution in [0.2, 0.25) is 0 Å². The number of nitrogens with zero attached hydrogens (tertiary/aromatic N) is 7. The Balaban J connectivity index is 0.00000273. The zero-order valence-corrected chi connectivity index (χ0v) is 38.4. The van der Waals surface area contributed by atoms with Gasteiger partial charge in [0.2, 0.25) is 0 Å². The maximum atomic E-state index is 16.9. The Morgan fingerprint density at radius 1 is 1.05 bits per heavy atom. The molecule has 3 unspecified atom stereocenters. The lowest BCUT2D eigenvalue weighted by atomic mass is 9.73. The maximum Gasteiger partial charge on any atom is 0.411 e. The zero-order chi connectivity index (χ0) is 46.3. The molecule has 5 heterocycles. The highest BCUT2D eigenvalue weighted by molar-refractivity contribution is 7.93. The van der Waals surface area contributed by atoms with Gasteiger partial charge in [-0.1, -0.05) is 44.7 Å². The monoisotopic (exact) mass is 893 g/mol. The zero-order valence-electron chi connectivity index (χ0n) is 37.5. The van der Waals surface area contributed by atoms with Crippen LogP contribution < -0.4 is 0 Å². The number of hydrogen-bond acceptors (Lipinski definition) is 16. The Morgan fingerprint density at radius 2 is 1.71 bits per heavy atom. The molecule has 0 aromatic carbocycles. The number of esters is 1. The molecule has 1 N–H and O–H groups in total. The van der Waals surface area contributed by atoms with Crippen LogP contribution in [-0.2, 0) is 44.6 Å². The molecule has 62 heavy (non-hydrogen) atoms. The first-order valence-corrected chi connectivity index (χ1v) is 21.7. The number of methoxy groups -OCH3 is 1. The molecule has 3 aliphatic heterocycles. The maximum absolute atomic E-state index is 16.9. The second kappa shape index (κ2) is 21.0. The molecular formula is C42H61F2N7O10S. The molecule has 3 fully saturated rings. The molecule has 1 amide bonds. The summed E-state index contributed by atoms with van der Waals surface area (Å²) in [6, 6.07) is 2.04. The summed E-state index contributed by atoms with van der Waals surface area (Å²) in [4.78, 5) is 59.7. The topological polar surface area (TPSA) is 198 Å². The Bertz CT molecular complexity index is 1930. The largest absolute Gasteiger partial charge is 0.455 e. The molecule has 2 aromatic rings. The molecule has 2 aromatic heterocycles. The van der Waals surface area contributed by atoms with E-state index >= 15 is 4.39 Å². The minimum absolute atomic E-state index is 0.0395. The lowest BCUT2D eigenvalue weighted by Crippen LogP contribution is -2.61. The summed E-state index contributed by atoms with van der Waals surface area (Å²) in [5, 5.41) is 27.5. The van der Waals surface area contributed by atoms with E-state index in [1.165, 1.54) is 36.8 Å². The van der Waals surface area contributed by atoms with Gasteiger partial charge in [0.05, 0.1) is 36.6 Å². The van der Waals surface area contributed by atoms with Gasteiger partial charge < -0.3 is 33.7 Å². The highest BCUT2D eigenvalue weighted by atomic mass is 32.2. The van der Waals surface area contributed by atoms with Crippen LogP contribution in [0.1, 0.15) is 74.7 Å². The molecule has 20 heteroatoms. The molecular weight excluding hydrogens is 833 g/mol. The number of fused-ring (bicyclic) bond motifs is 1. The summed E-state index contributed by atoms with van der Waals surface area (Å²) in [6.07, 6.45) is -1.17. The van der Waals surface area contributed by atoms with Gasteiger partial charge in [-0.2, -0.15) is 8.98 Å². The number of aromatic nitrogens is 5. The molecule has 5 rings (SSSR count). The Kier molecular flexibility index (Phi) is 17.1. The van der Waals surface area contributed by atoms with Crippen LogP contribution in [0.15, 0.2) is 24.5 Å². The highest BCUT2D eigenvalue weighted by Crippen LogP contribution is 2.43. The fourth-order valence-electron chi connectivity index (χ4n) is 8.85. The third-order valence-electron chi connectivity index (χ3n) is 12.2. The van der Waals surface area contributed by atoms with Crippen LogP contribution in [0.4, 0.5) is 13.1 Å². The predicted molar refractivity (Wildman–Crippen MR) is 223 cm³/mol. The summed E-state index contributed by atoms with van der Waals surface area (Å²) >= 11 is 0.250. The fourth-order valence-corrected chi connectivity index (χ4v) is 8.85. The van der Waals surface area contributed by atoms with Crippen molar-refractivity contribution in [1.29, 1.82) is 0 Å². The van der Waals surface area contributed by atoms with Crippen molar-refractivity contribution in [3.8, 4) is 23.2 Å². The molecule has 0 saturated carbocycles. The fraction of sp³-hybridized carbons (Fsp3) is 0.714. The van der Waals surface area contributed by atoms with Crippen molar-refractivity contribution in [2.24, 2.45) is 17.8 Å². The van der Waals surface area contributed by atoms with Crippen LogP contribution in [-0.4, -0.2) is 157 Å². The van der Waals surface area contributed by atoms with E-state index in [4.69, 9.17) is 23.7 Å². The molecule has 0 bridgehead atoms. The van der Waals surface area contributed by atoms with E-state index < -0.39 is 83.1 Å². The number of aliphatic hydroxyl groups is 1. The van der Waals surface area contributed by atoms with Crippen molar-refractivity contribution >= 4 is 35.8 Å². The number of rotatable bonds is 8. The van der Waals surface area contributed by atoms with Gasteiger partial charge in [-0.3, -0.25) is 14.5 Å². The van der Waals surface area contributed by atoms with Crippen LogP contribution in [0, 0.1) is 29.6 Å². The molecule has 3 aliphatic rings. The summed E-state index contributed by atoms with van der Waals surface area (Å²) in [6.45, 7) is 12.2. The number of aliphatic hydroxyl groups excluding tert-OH is 1. The third kappa shape index (κ3) is 10.8. The minimum atomic E-state index is -3.21. The van der Waals surface area contributed by atoms with Crippen LogP contribution in [0.3, 0.4) is 0 Å². The second-order valence-corrected chi connectivity index (χ2v) is 17.3.